The minimum Gasteiger partial charge on any atom is -0.291 e. The number of hydrogen-bond acceptors (Lipinski definition) is 2. The molecule has 0 aromatic heterocycles. The summed E-state index contributed by atoms with van der Waals surface area (Å²) in [6.07, 6.45) is 0. The van der Waals surface area contributed by atoms with Gasteiger partial charge < -0.3 is 0 Å². The third kappa shape index (κ3) is 3.16. The van der Waals surface area contributed by atoms with Gasteiger partial charge in [0.1, 0.15) is 11.9 Å². The fourth-order valence-corrected chi connectivity index (χ4v) is 2.33. The molecule has 102 valence electrons. The molecule has 2 unspecified atom stereocenters. The molecule has 0 saturated carbocycles. The predicted molar refractivity (Wildman–Crippen MR) is 77.8 cm³/mol. The lowest BCUT2D eigenvalue weighted by atomic mass is 10.0. The van der Waals surface area contributed by atoms with E-state index in [0.29, 0.717) is 0 Å². The third-order valence-corrected chi connectivity index (χ3v) is 3.46. The van der Waals surface area contributed by atoms with E-state index in [1.54, 1.807) is 6.07 Å². The maximum atomic E-state index is 13.9. The molecule has 0 bridgehead atoms. The van der Waals surface area contributed by atoms with Gasteiger partial charge >= 0.3 is 0 Å². The summed E-state index contributed by atoms with van der Waals surface area (Å²) in [5.74, 6) is -0.475. The molecule has 0 aliphatic rings. The molecule has 2 rings (SSSR count). The van der Waals surface area contributed by atoms with Crippen LogP contribution in [0.5, 0.6) is 0 Å². The highest BCUT2D eigenvalue weighted by atomic mass is 35.5. The minimum atomic E-state index is -0.793. The first-order valence-electron chi connectivity index (χ1n) is 6.28. The normalized spacial score (nSPS) is 13.5. The number of nitrogens with one attached hydrogen (secondary N) is 1. The molecule has 0 radical (unpaired) electrons. The molecule has 0 saturated heterocycles. The van der Waals surface area contributed by atoms with Crippen LogP contribution >= 0.6 is 11.6 Å². The highest BCUT2D eigenvalue weighted by molar-refractivity contribution is 6.31. The van der Waals surface area contributed by atoms with Gasteiger partial charge in [-0.25, -0.2) is 4.39 Å². The van der Waals surface area contributed by atoms with Gasteiger partial charge in [-0.05, 0) is 24.6 Å². The Morgan fingerprint density at radius 3 is 2.45 bits per heavy atom. The number of hydrogen-bond donors (Lipinski definition) is 1. The van der Waals surface area contributed by atoms with E-state index in [-0.39, 0.29) is 16.6 Å². The van der Waals surface area contributed by atoms with Crippen molar-refractivity contribution in [2.45, 2.75) is 19.0 Å². The molecule has 2 nitrogen and oxygen atoms in total. The lowest BCUT2D eigenvalue weighted by molar-refractivity contribution is 0.509. The molecule has 2 aromatic rings. The van der Waals surface area contributed by atoms with Gasteiger partial charge in [0.2, 0.25) is 0 Å². The molecule has 2 aromatic carbocycles. The van der Waals surface area contributed by atoms with Gasteiger partial charge in [0.25, 0.3) is 0 Å². The molecular formula is C16H14ClFN2. The molecular weight excluding hydrogens is 275 g/mol. The van der Waals surface area contributed by atoms with Gasteiger partial charge in [-0.15, -0.1) is 0 Å². The lowest BCUT2D eigenvalue weighted by Crippen LogP contribution is -2.24. The van der Waals surface area contributed by atoms with Crippen LogP contribution in [0.1, 0.15) is 30.1 Å². The van der Waals surface area contributed by atoms with Crippen molar-refractivity contribution in [2.75, 3.05) is 0 Å². The Balaban J connectivity index is 2.24. The average molecular weight is 289 g/mol. The van der Waals surface area contributed by atoms with E-state index in [2.05, 4.69) is 11.4 Å². The molecule has 0 aliphatic heterocycles. The Kier molecular flexibility index (Phi) is 4.73. The zero-order valence-electron chi connectivity index (χ0n) is 11.0. The van der Waals surface area contributed by atoms with Crippen molar-refractivity contribution in [1.29, 1.82) is 5.26 Å². The third-order valence-electron chi connectivity index (χ3n) is 3.13. The summed E-state index contributed by atoms with van der Waals surface area (Å²) in [7, 11) is 0. The highest BCUT2D eigenvalue weighted by Crippen LogP contribution is 2.27. The van der Waals surface area contributed by atoms with E-state index < -0.39 is 11.9 Å². The fraction of sp³-hybridized carbons (Fsp3) is 0.188. The zero-order chi connectivity index (χ0) is 14.5. The van der Waals surface area contributed by atoms with Crippen LogP contribution in [0.4, 0.5) is 4.39 Å². The van der Waals surface area contributed by atoms with Crippen LogP contribution < -0.4 is 5.32 Å². The standard InChI is InChI=1S/C16H14ClFN2/c1-11(12-6-3-2-4-7-12)20-15(10-19)16-13(17)8-5-9-14(16)18/h2-9,11,15,20H,1H3. The van der Waals surface area contributed by atoms with Crippen molar-refractivity contribution in [1.82, 2.24) is 5.32 Å². The van der Waals surface area contributed by atoms with Crippen molar-refractivity contribution >= 4 is 11.6 Å². The molecule has 2 atom stereocenters. The summed E-state index contributed by atoms with van der Waals surface area (Å²) in [5.41, 5.74) is 1.22. The number of nitriles is 1. The Labute approximate surface area is 122 Å². The number of nitrogens with zero attached hydrogens (tertiary/aromatic N) is 1. The van der Waals surface area contributed by atoms with Crippen LogP contribution in [-0.4, -0.2) is 0 Å². The van der Waals surface area contributed by atoms with Crippen LogP contribution in [0.25, 0.3) is 0 Å². The van der Waals surface area contributed by atoms with Gasteiger partial charge in [-0.2, -0.15) is 5.26 Å². The predicted octanol–water partition coefficient (Wildman–Crippen LogP) is 4.39. The zero-order valence-corrected chi connectivity index (χ0v) is 11.7. The summed E-state index contributed by atoms with van der Waals surface area (Å²) in [5, 5.41) is 12.6. The van der Waals surface area contributed by atoms with Gasteiger partial charge in [-0.3, -0.25) is 5.32 Å². The summed E-state index contributed by atoms with van der Waals surface area (Å²) in [4.78, 5) is 0. The average Bonchev–Trinajstić information content (AvgIpc) is 2.46. The number of halogens is 2. The number of rotatable bonds is 4. The minimum absolute atomic E-state index is 0.0866. The van der Waals surface area contributed by atoms with Gasteiger partial charge in [0.15, 0.2) is 0 Å². The van der Waals surface area contributed by atoms with E-state index in [0.717, 1.165) is 5.56 Å². The molecule has 0 fully saturated rings. The van der Waals surface area contributed by atoms with Crippen LogP contribution in [0.2, 0.25) is 5.02 Å². The summed E-state index contributed by atoms with van der Waals surface area (Å²) < 4.78 is 13.9. The van der Waals surface area contributed by atoms with Crippen molar-refractivity contribution in [3.63, 3.8) is 0 Å². The van der Waals surface area contributed by atoms with Crippen LogP contribution in [0.15, 0.2) is 48.5 Å². The SMILES string of the molecule is CC(NC(C#N)c1c(F)cccc1Cl)c1ccccc1. The smallest absolute Gasteiger partial charge is 0.130 e. The van der Waals surface area contributed by atoms with Crippen molar-refractivity contribution < 1.29 is 4.39 Å². The maximum absolute atomic E-state index is 13.9. The van der Waals surface area contributed by atoms with Crippen LogP contribution in [-0.2, 0) is 0 Å². The Hall–Kier alpha value is -1.89. The van der Waals surface area contributed by atoms with Crippen LogP contribution in [0, 0.1) is 17.1 Å². The first-order valence-corrected chi connectivity index (χ1v) is 6.65. The lowest BCUT2D eigenvalue weighted by Gasteiger charge is -2.20. The van der Waals surface area contributed by atoms with Gasteiger partial charge in [0, 0.05) is 16.6 Å². The summed E-state index contributed by atoms with van der Waals surface area (Å²) in [6, 6.07) is 15.3. The van der Waals surface area contributed by atoms with Gasteiger partial charge in [-0.1, -0.05) is 48.0 Å². The summed E-state index contributed by atoms with van der Waals surface area (Å²) in [6.45, 7) is 1.93. The van der Waals surface area contributed by atoms with Crippen molar-refractivity contribution in [3.05, 3.63) is 70.5 Å². The van der Waals surface area contributed by atoms with E-state index in [1.165, 1.54) is 12.1 Å². The first-order chi connectivity index (χ1) is 9.63. The molecule has 4 heteroatoms. The molecule has 1 N–H and O–H groups in total. The fourth-order valence-electron chi connectivity index (χ4n) is 2.06. The molecule has 0 amide bonds. The van der Waals surface area contributed by atoms with E-state index >= 15 is 0 Å². The molecule has 20 heavy (non-hydrogen) atoms. The molecule has 0 spiro atoms. The van der Waals surface area contributed by atoms with Crippen LogP contribution in [0.3, 0.4) is 0 Å². The monoisotopic (exact) mass is 288 g/mol. The second-order valence-corrected chi connectivity index (χ2v) is 4.90. The Morgan fingerprint density at radius 2 is 1.85 bits per heavy atom. The van der Waals surface area contributed by atoms with E-state index in [9.17, 15) is 9.65 Å². The quantitative estimate of drug-likeness (QED) is 0.905. The van der Waals surface area contributed by atoms with Gasteiger partial charge in [0.05, 0.1) is 6.07 Å². The molecule has 0 aliphatic carbocycles. The van der Waals surface area contributed by atoms with E-state index in [1.807, 2.05) is 37.3 Å². The number of benzene rings is 2. The first kappa shape index (κ1) is 14.5. The Bertz CT molecular complexity index is 602. The molecule has 0 heterocycles. The topological polar surface area (TPSA) is 35.8 Å². The van der Waals surface area contributed by atoms with Crippen molar-refractivity contribution in [2.24, 2.45) is 0 Å². The second kappa shape index (κ2) is 6.51. The highest BCUT2D eigenvalue weighted by Gasteiger charge is 2.20. The maximum Gasteiger partial charge on any atom is 0.130 e. The second-order valence-electron chi connectivity index (χ2n) is 4.50. The van der Waals surface area contributed by atoms with Crippen molar-refractivity contribution in [3.8, 4) is 6.07 Å². The largest absolute Gasteiger partial charge is 0.291 e. The van der Waals surface area contributed by atoms with E-state index in [4.69, 9.17) is 11.6 Å². The summed E-state index contributed by atoms with van der Waals surface area (Å²) >= 11 is 6.00. The Morgan fingerprint density at radius 1 is 1.15 bits per heavy atom.